The second-order valence-electron chi connectivity index (χ2n) is 6.61. The molecule has 0 bridgehead atoms. The first-order valence-corrected chi connectivity index (χ1v) is 8.75. The maximum atomic E-state index is 14.2. The van der Waals surface area contributed by atoms with Crippen LogP contribution in [0.2, 0.25) is 0 Å². The van der Waals surface area contributed by atoms with E-state index in [0.717, 1.165) is 37.5 Å². The van der Waals surface area contributed by atoms with Gasteiger partial charge in [0, 0.05) is 24.6 Å². The third-order valence-electron chi connectivity index (χ3n) is 4.61. The fourth-order valence-corrected chi connectivity index (χ4v) is 3.41. The fraction of sp³-hybridized carbons (Fsp3) is 0.556. The topological polar surface area (TPSA) is 66.0 Å². The molecular weight excluding hydrogens is 326 g/mol. The third-order valence-corrected chi connectivity index (χ3v) is 4.61. The zero-order valence-electron chi connectivity index (χ0n) is 14.6. The Hall–Kier alpha value is -1.86. The van der Waals surface area contributed by atoms with Crippen LogP contribution >= 0.6 is 0 Å². The van der Waals surface area contributed by atoms with Gasteiger partial charge < -0.3 is 10.5 Å². The molecule has 0 radical (unpaired) electrons. The summed E-state index contributed by atoms with van der Waals surface area (Å²) in [5.41, 5.74) is 6.36. The summed E-state index contributed by atoms with van der Waals surface area (Å²) in [4.78, 5) is 4.47. The Morgan fingerprint density at radius 3 is 2.84 bits per heavy atom. The number of aromatic nitrogens is 3. The molecule has 0 unspecified atom stereocenters. The van der Waals surface area contributed by atoms with E-state index in [1.807, 2.05) is 0 Å². The van der Waals surface area contributed by atoms with Crippen molar-refractivity contribution >= 4 is 0 Å². The minimum atomic E-state index is -0.531. The largest absolute Gasteiger partial charge is 0.377 e. The molecule has 0 aliphatic heterocycles. The number of rotatable bonds is 5. The summed E-state index contributed by atoms with van der Waals surface area (Å²) >= 11 is 0. The molecule has 3 rings (SSSR count). The highest BCUT2D eigenvalue weighted by Crippen LogP contribution is 2.34. The van der Waals surface area contributed by atoms with Gasteiger partial charge in [-0.1, -0.05) is 6.92 Å². The van der Waals surface area contributed by atoms with Crippen LogP contribution in [0.25, 0.3) is 5.69 Å². The molecule has 1 saturated carbocycles. The molecular formula is C18H24F2N4O. The SMILES string of the molecule is CCCO[C@@H]1CC[C@H](c2nc(C)nn2-c2cc(F)ccc2F)C[C@H]1N. The van der Waals surface area contributed by atoms with E-state index in [2.05, 4.69) is 17.0 Å². The summed E-state index contributed by atoms with van der Waals surface area (Å²) in [7, 11) is 0. The van der Waals surface area contributed by atoms with E-state index in [1.165, 1.54) is 4.68 Å². The molecule has 1 aliphatic carbocycles. The van der Waals surface area contributed by atoms with Crippen molar-refractivity contribution in [1.82, 2.24) is 14.8 Å². The van der Waals surface area contributed by atoms with Gasteiger partial charge in [0.25, 0.3) is 0 Å². The Morgan fingerprint density at radius 2 is 2.12 bits per heavy atom. The lowest BCUT2D eigenvalue weighted by atomic mass is 9.83. The first-order chi connectivity index (χ1) is 12.0. The van der Waals surface area contributed by atoms with Gasteiger partial charge in [-0.25, -0.2) is 18.4 Å². The van der Waals surface area contributed by atoms with Gasteiger partial charge in [-0.05, 0) is 44.7 Å². The van der Waals surface area contributed by atoms with Gasteiger partial charge in [0.05, 0.1) is 6.10 Å². The van der Waals surface area contributed by atoms with Crippen molar-refractivity contribution in [1.29, 1.82) is 0 Å². The molecule has 3 atom stereocenters. The van der Waals surface area contributed by atoms with E-state index >= 15 is 0 Å². The van der Waals surface area contributed by atoms with Gasteiger partial charge in [0.1, 0.15) is 29.0 Å². The maximum Gasteiger partial charge on any atom is 0.149 e. The van der Waals surface area contributed by atoms with E-state index in [0.29, 0.717) is 24.7 Å². The number of halogens is 2. The van der Waals surface area contributed by atoms with Crippen LogP contribution in [0.15, 0.2) is 18.2 Å². The second kappa shape index (κ2) is 7.58. The molecule has 1 aromatic carbocycles. The van der Waals surface area contributed by atoms with Crippen LogP contribution in [-0.2, 0) is 4.74 Å². The standard InChI is InChI=1S/C18H24F2N4O/c1-3-8-25-17-7-4-12(9-15(17)21)18-22-11(2)23-24(18)16-10-13(19)5-6-14(16)20/h5-6,10,12,15,17H,3-4,7-9,21H2,1-2H3/t12-,15+,17+/m0/s1. The Bertz CT molecular complexity index is 734. The molecule has 2 aromatic rings. The van der Waals surface area contributed by atoms with Gasteiger partial charge in [-0.3, -0.25) is 0 Å². The number of nitrogens with zero attached hydrogens (tertiary/aromatic N) is 3. The van der Waals surface area contributed by atoms with Crippen LogP contribution in [0, 0.1) is 18.6 Å². The zero-order chi connectivity index (χ0) is 18.0. The Labute approximate surface area is 146 Å². The van der Waals surface area contributed by atoms with Gasteiger partial charge in [0.15, 0.2) is 0 Å². The highest BCUT2D eigenvalue weighted by Gasteiger charge is 2.32. The number of hydrogen-bond acceptors (Lipinski definition) is 4. The minimum Gasteiger partial charge on any atom is -0.377 e. The van der Waals surface area contributed by atoms with Crippen LogP contribution in [0.5, 0.6) is 0 Å². The van der Waals surface area contributed by atoms with Gasteiger partial charge in [0.2, 0.25) is 0 Å². The second-order valence-corrected chi connectivity index (χ2v) is 6.61. The number of nitrogens with two attached hydrogens (primary N) is 1. The first-order valence-electron chi connectivity index (χ1n) is 8.75. The fourth-order valence-electron chi connectivity index (χ4n) is 3.41. The Kier molecular flexibility index (Phi) is 5.44. The average molecular weight is 350 g/mol. The van der Waals surface area contributed by atoms with Crippen molar-refractivity contribution in [3.8, 4) is 5.69 Å². The van der Waals surface area contributed by atoms with Gasteiger partial charge >= 0.3 is 0 Å². The predicted molar refractivity (Wildman–Crippen MR) is 90.6 cm³/mol. The number of benzene rings is 1. The summed E-state index contributed by atoms with van der Waals surface area (Å²) in [6, 6.07) is 3.23. The third kappa shape index (κ3) is 3.88. The first kappa shape index (κ1) is 17.9. The van der Waals surface area contributed by atoms with Crippen molar-refractivity contribution < 1.29 is 13.5 Å². The Morgan fingerprint density at radius 1 is 1.32 bits per heavy atom. The number of hydrogen-bond donors (Lipinski definition) is 1. The van der Waals surface area contributed by atoms with E-state index in [1.54, 1.807) is 6.92 Å². The van der Waals surface area contributed by atoms with Gasteiger partial charge in [-0.15, -0.1) is 0 Å². The van der Waals surface area contributed by atoms with Gasteiger partial charge in [-0.2, -0.15) is 5.10 Å². The lowest BCUT2D eigenvalue weighted by Crippen LogP contribution is -2.42. The number of ether oxygens (including phenoxy) is 1. The van der Waals surface area contributed by atoms with E-state index < -0.39 is 11.6 Å². The maximum absolute atomic E-state index is 14.2. The highest BCUT2D eigenvalue weighted by atomic mass is 19.1. The van der Waals surface area contributed by atoms with E-state index in [-0.39, 0.29) is 23.8 Å². The average Bonchev–Trinajstić information content (AvgIpc) is 2.97. The van der Waals surface area contributed by atoms with Crippen LogP contribution < -0.4 is 5.73 Å². The minimum absolute atomic E-state index is 0.0413. The number of aryl methyl sites for hydroxylation is 1. The van der Waals surface area contributed by atoms with Crippen LogP contribution in [-0.4, -0.2) is 33.5 Å². The molecule has 25 heavy (non-hydrogen) atoms. The molecule has 136 valence electrons. The summed E-state index contributed by atoms with van der Waals surface area (Å²) < 4.78 is 35.0. The van der Waals surface area contributed by atoms with Crippen molar-refractivity contribution in [2.45, 2.75) is 57.6 Å². The molecule has 2 N–H and O–H groups in total. The molecule has 0 spiro atoms. The lowest BCUT2D eigenvalue weighted by Gasteiger charge is -2.33. The summed E-state index contributed by atoms with van der Waals surface area (Å²) in [6.45, 7) is 4.51. The van der Waals surface area contributed by atoms with Crippen LogP contribution in [0.4, 0.5) is 8.78 Å². The monoisotopic (exact) mass is 350 g/mol. The summed E-state index contributed by atoms with van der Waals surface area (Å²) in [6.07, 6.45) is 3.34. The summed E-state index contributed by atoms with van der Waals surface area (Å²) in [5.74, 6) is 0.156. The van der Waals surface area contributed by atoms with Crippen molar-refractivity contribution in [2.24, 2.45) is 5.73 Å². The molecule has 5 nitrogen and oxygen atoms in total. The summed E-state index contributed by atoms with van der Waals surface area (Å²) in [5, 5.41) is 4.28. The molecule has 7 heteroatoms. The Balaban J connectivity index is 1.86. The predicted octanol–water partition coefficient (Wildman–Crippen LogP) is 3.24. The van der Waals surface area contributed by atoms with Crippen LogP contribution in [0.3, 0.4) is 0 Å². The van der Waals surface area contributed by atoms with Crippen molar-refractivity contribution in [3.05, 3.63) is 41.5 Å². The lowest BCUT2D eigenvalue weighted by molar-refractivity contribution is 0.0108. The molecule has 1 aliphatic rings. The smallest absolute Gasteiger partial charge is 0.149 e. The van der Waals surface area contributed by atoms with Crippen LogP contribution in [0.1, 0.15) is 50.2 Å². The zero-order valence-corrected chi connectivity index (χ0v) is 14.6. The molecule has 1 fully saturated rings. The van der Waals surface area contributed by atoms with Crippen molar-refractivity contribution in [3.63, 3.8) is 0 Å². The molecule has 1 heterocycles. The normalized spacial score (nSPS) is 23.8. The van der Waals surface area contributed by atoms with Crippen molar-refractivity contribution in [2.75, 3.05) is 6.61 Å². The van der Waals surface area contributed by atoms with E-state index in [9.17, 15) is 8.78 Å². The quantitative estimate of drug-likeness (QED) is 0.899. The molecule has 1 aromatic heterocycles. The molecule has 0 amide bonds. The molecule has 0 saturated heterocycles. The highest BCUT2D eigenvalue weighted by molar-refractivity contribution is 5.34. The van der Waals surface area contributed by atoms with E-state index in [4.69, 9.17) is 10.5 Å².